The lowest BCUT2D eigenvalue weighted by Gasteiger charge is -2.35. The van der Waals surface area contributed by atoms with Gasteiger partial charge in [-0.25, -0.2) is 15.0 Å². The molecular formula is C51H32N4. The topological polar surface area (TPSA) is 41.9 Å². The third-order valence-electron chi connectivity index (χ3n) is 10.8. The van der Waals surface area contributed by atoms with Crippen molar-refractivity contribution < 1.29 is 0 Å². The number of aromatic nitrogens is 3. The molecule has 0 bridgehead atoms. The van der Waals surface area contributed by atoms with Crippen molar-refractivity contribution in [1.29, 1.82) is 0 Å². The molecule has 0 atom stereocenters. The molecule has 0 saturated carbocycles. The van der Waals surface area contributed by atoms with E-state index < -0.39 is 0 Å². The molecule has 11 rings (SSSR count). The minimum absolute atomic E-state index is 0.641. The molecule has 0 saturated heterocycles. The summed E-state index contributed by atoms with van der Waals surface area (Å²) in [6, 6.07) is 68.8. The van der Waals surface area contributed by atoms with Gasteiger partial charge in [-0.2, -0.15) is 0 Å². The smallest absolute Gasteiger partial charge is 0.164 e. The van der Waals surface area contributed by atoms with E-state index in [-0.39, 0.29) is 0 Å². The molecule has 1 aromatic heterocycles. The van der Waals surface area contributed by atoms with Gasteiger partial charge in [0, 0.05) is 38.9 Å². The van der Waals surface area contributed by atoms with Gasteiger partial charge < -0.3 is 4.90 Å². The monoisotopic (exact) mass is 700 g/mol. The second-order valence-electron chi connectivity index (χ2n) is 14.0. The Bertz CT molecular complexity index is 3100. The van der Waals surface area contributed by atoms with E-state index in [0.29, 0.717) is 17.5 Å². The zero-order valence-corrected chi connectivity index (χ0v) is 29.8. The van der Waals surface area contributed by atoms with Gasteiger partial charge in [0.2, 0.25) is 0 Å². The molecule has 9 aromatic carbocycles. The van der Waals surface area contributed by atoms with E-state index in [9.17, 15) is 0 Å². The second-order valence-corrected chi connectivity index (χ2v) is 14.0. The Labute approximate surface area is 318 Å². The number of fused-ring (bicyclic) bond motifs is 4. The summed E-state index contributed by atoms with van der Waals surface area (Å²) in [4.78, 5) is 17.9. The van der Waals surface area contributed by atoms with E-state index in [0.717, 1.165) is 38.8 Å². The molecule has 10 aromatic rings. The van der Waals surface area contributed by atoms with Gasteiger partial charge in [0.25, 0.3) is 0 Å². The van der Waals surface area contributed by atoms with Gasteiger partial charge in [-0.1, -0.05) is 158 Å². The van der Waals surface area contributed by atoms with Crippen molar-refractivity contribution in [3.8, 4) is 56.4 Å². The molecule has 1 aliphatic heterocycles. The van der Waals surface area contributed by atoms with Crippen LogP contribution in [0.15, 0.2) is 194 Å². The Hall–Kier alpha value is -7.43. The van der Waals surface area contributed by atoms with E-state index in [1.807, 2.05) is 18.2 Å². The Morgan fingerprint density at radius 2 is 0.891 bits per heavy atom. The highest BCUT2D eigenvalue weighted by Gasteiger charge is 2.30. The Morgan fingerprint density at radius 1 is 0.327 bits per heavy atom. The van der Waals surface area contributed by atoms with Crippen LogP contribution in [-0.4, -0.2) is 15.0 Å². The highest BCUT2D eigenvalue weighted by molar-refractivity contribution is 6.19. The Balaban J connectivity index is 1.16. The SMILES string of the molecule is c1ccc(-c2nc(-c3ccc4ccccc4c3)nc(-c3ccc4c5c(cccc35)-c3cccc(-c5ccc6ccccc6c5)c3N4c3ccccc3)n2)cc1. The van der Waals surface area contributed by atoms with Crippen LogP contribution in [0.2, 0.25) is 0 Å². The first kappa shape index (κ1) is 31.1. The number of para-hydroxylation sites is 2. The van der Waals surface area contributed by atoms with Crippen molar-refractivity contribution in [1.82, 2.24) is 15.0 Å². The van der Waals surface area contributed by atoms with Gasteiger partial charge in [0.1, 0.15) is 0 Å². The molecule has 1 aliphatic rings. The predicted molar refractivity (Wildman–Crippen MR) is 228 cm³/mol. The average Bonchev–Trinajstić information content (AvgIpc) is 3.26. The summed E-state index contributed by atoms with van der Waals surface area (Å²) >= 11 is 0. The normalized spacial score (nSPS) is 12.0. The number of benzene rings is 9. The highest BCUT2D eigenvalue weighted by Crippen LogP contribution is 2.55. The second kappa shape index (κ2) is 12.6. The van der Waals surface area contributed by atoms with Gasteiger partial charge in [-0.3, -0.25) is 0 Å². The molecule has 0 N–H and O–H groups in total. The zero-order valence-electron chi connectivity index (χ0n) is 29.8. The molecule has 4 heteroatoms. The van der Waals surface area contributed by atoms with Crippen LogP contribution < -0.4 is 4.90 Å². The molecule has 0 aliphatic carbocycles. The third-order valence-corrected chi connectivity index (χ3v) is 10.8. The van der Waals surface area contributed by atoms with Crippen LogP contribution >= 0.6 is 0 Å². The van der Waals surface area contributed by atoms with Crippen LogP contribution in [0.5, 0.6) is 0 Å². The van der Waals surface area contributed by atoms with Crippen molar-refractivity contribution in [2.24, 2.45) is 0 Å². The fraction of sp³-hybridized carbons (Fsp3) is 0. The van der Waals surface area contributed by atoms with Gasteiger partial charge in [-0.15, -0.1) is 0 Å². The number of hydrogen-bond donors (Lipinski definition) is 0. The van der Waals surface area contributed by atoms with E-state index >= 15 is 0 Å². The maximum atomic E-state index is 5.22. The van der Waals surface area contributed by atoms with Crippen LogP contribution in [0.4, 0.5) is 17.1 Å². The van der Waals surface area contributed by atoms with Crippen molar-refractivity contribution >= 4 is 49.4 Å². The van der Waals surface area contributed by atoms with Crippen molar-refractivity contribution in [2.45, 2.75) is 0 Å². The lowest BCUT2D eigenvalue weighted by Crippen LogP contribution is -2.16. The first-order chi connectivity index (χ1) is 27.3. The van der Waals surface area contributed by atoms with Gasteiger partial charge >= 0.3 is 0 Å². The number of nitrogens with zero attached hydrogens (tertiary/aromatic N) is 4. The fourth-order valence-corrected chi connectivity index (χ4v) is 8.22. The molecule has 0 unspecified atom stereocenters. The van der Waals surface area contributed by atoms with Crippen molar-refractivity contribution in [3.05, 3.63) is 194 Å². The summed E-state index contributed by atoms with van der Waals surface area (Å²) in [5.41, 5.74) is 11.0. The lowest BCUT2D eigenvalue weighted by atomic mass is 9.86. The van der Waals surface area contributed by atoms with E-state index in [1.54, 1.807) is 0 Å². The van der Waals surface area contributed by atoms with Crippen LogP contribution in [-0.2, 0) is 0 Å². The molecule has 0 fully saturated rings. The maximum absolute atomic E-state index is 5.22. The van der Waals surface area contributed by atoms with Crippen LogP contribution in [0.3, 0.4) is 0 Å². The largest absolute Gasteiger partial charge is 0.309 e. The van der Waals surface area contributed by atoms with Crippen molar-refractivity contribution in [2.75, 3.05) is 4.90 Å². The van der Waals surface area contributed by atoms with Crippen LogP contribution in [0, 0.1) is 0 Å². The average molecular weight is 701 g/mol. The maximum Gasteiger partial charge on any atom is 0.164 e. The zero-order chi connectivity index (χ0) is 36.3. The van der Waals surface area contributed by atoms with E-state index in [1.165, 1.54) is 49.5 Å². The molecular weight excluding hydrogens is 669 g/mol. The van der Waals surface area contributed by atoms with Crippen molar-refractivity contribution in [3.63, 3.8) is 0 Å². The molecule has 0 amide bonds. The summed E-state index contributed by atoms with van der Waals surface area (Å²) in [5, 5.41) is 7.04. The van der Waals surface area contributed by atoms with Gasteiger partial charge in [0.15, 0.2) is 17.5 Å². The summed E-state index contributed by atoms with van der Waals surface area (Å²) in [5.74, 6) is 1.93. The van der Waals surface area contributed by atoms with Crippen LogP contribution in [0.25, 0.3) is 88.7 Å². The highest BCUT2D eigenvalue weighted by atomic mass is 15.2. The summed E-state index contributed by atoms with van der Waals surface area (Å²) in [6.07, 6.45) is 0. The number of hydrogen-bond acceptors (Lipinski definition) is 4. The Morgan fingerprint density at radius 3 is 1.64 bits per heavy atom. The third kappa shape index (κ3) is 5.19. The first-order valence-electron chi connectivity index (χ1n) is 18.6. The minimum Gasteiger partial charge on any atom is -0.309 e. The van der Waals surface area contributed by atoms with Gasteiger partial charge in [-0.05, 0) is 74.5 Å². The van der Waals surface area contributed by atoms with E-state index in [2.05, 4.69) is 181 Å². The van der Waals surface area contributed by atoms with E-state index in [4.69, 9.17) is 15.0 Å². The van der Waals surface area contributed by atoms with Gasteiger partial charge in [0.05, 0.1) is 11.4 Å². The predicted octanol–water partition coefficient (Wildman–Crippen LogP) is 13.4. The Kier molecular flexibility index (Phi) is 7.14. The summed E-state index contributed by atoms with van der Waals surface area (Å²) < 4.78 is 0. The summed E-state index contributed by atoms with van der Waals surface area (Å²) in [7, 11) is 0. The molecule has 0 spiro atoms. The summed E-state index contributed by atoms with van der Waals surface area (Å²) in [6.45, 7) is 0. The molecule has 0 radical (unpaired) electrons. The molecule has 2 heterocycles. The molecule has 256 valence electrons. The number of rotatable bonds is 5. The fourth-order valence-electron chi connectivity index (χ4n) is 8.22. The molecule has 4 nitrogen and oxygen atoms in total. The number of anilines is 3. The standard InChI is InChI=1S/C51H32N4/c1-3-15-35(16-4-1)49-52-50(39-28-26-34-14-8-10-18-37(34)32-39)54-51(53-49)45-29-30-46-47-42(22-12-23-43(45)47)44-24-11-21-41(48(44)55(46)40-19-5-2-6-20-40)38-27-25-33-13-7-9-17-36(33)31-38/h1-32H. The van der Waals surface area contributed by atoms with Crippen LogP contribution in [0.1, 0.15) is 0 Å². The lowest BCUT2D eigenvalue weighted by molar-refractivity contribution is 1.08. The minimum atomic E-state index is 0.641. The molecule has 55 heavy (non-hydrogen) atoms. The first-order valence-corrected chi connectivity index (χ1v) is 18.6. The quantitative estimate of drug-likeness (QED) is 0.179.